The average molecular weight is 403 g/mol. The summed E-state index contributed by atoms with van der Waals surface area (Å²) in [7, 11) is -2.84. The molecule has 0 aliphatic rings. The van der Waals surface area contributed by atoms with Crippen LogP contribution < -0.4 is 0 Å². The Morgan fingerprint density at radius 1 is 0.889 bits per heavy atom. The zero-order chi connectivity index (χ0) is 20.4. The molecule has 0 aromatic carbocycles. The Labute approximate surface area is 168 Å². The van der Waals surface area contributed by atoms with Gasteiger partial charge in [0, 0.05) is 25.3 Å². The van der Waals surface area contributed by atoms with Gasteiger partial charge in [0.05, 0.1) is 0 Å². The van der Waals surface area contributed by atoms with Crippen molar-refractivity contribution in [3.8, 4) is 0 Å². The Balaban J connectivity index is 4.24. The first-order valence-corrected chi connectivity index (χ1v) is 12.8. The lowest BCUT2D eigenvalue weighted by Gasteiger charge is -2.31. The molecule has 1 unspecified atom stereocenters. The summed E-state index contributed by atoms with van der Waals surface area (Å²) in [6.45, 7) is 12.3. The molecule has 0 heterocycles. The summed E-state index contributed by atoms with van der Waals surface area (Å²) in [5, 5.41) is 0. The van der Waals surface area contributed by atoms with Crippen molar-refractivity contribution in [2.75, 3.05) is 13.2 Å². The smallest absolute Gasteiger partial charge is 0.434 e. The second-order valence-corrected chi connectivity index (χ2v) is 9.49. The first kappa shape index (κ1) is 26.3. The maximum absolute atomic E-state index is 11.4. The minimum atomic E-state index is -2.84. The third-order valence-corrected chi connectivity index (χ3v) is 7.47. The van der Waals surface area contributed by atoms with Crippen LogP contribution in [-0.2, 0) is 22.8 Å². The lowest BCUT2D eigenvalue weighted by Crippen LogP contribution is -2.48. The normalized spacial score (nSPS) is 12.7. The van der Waals surface area contributed by atoms with E-state index in [1.165, 1.54) is 51.4 Å². The van der Waals surface area contributed by atoms with E-state index in [9.17, 15) is 4.79 Å². The summed E-state index contributed by atoms with van der Waals surface area (Å²) in [6, 6.07) is 0.751. The molecule has 5 nitrogen and oxygen atoms in total. The first-order chi connectivity index (χ1) is 13.0. The number of esters is 1. The van der Waals surface area contributed by atoms with Crippen LogP contribution in [0.15, 0.2) is 12.7 Å². The van der Waals surface area contributed by atoms with E-state index in [4.69, 9.17) is 18.0 Å². The molecule has 0 saturated heterocycles. The molecule has 0 aromatic heterocycles. The molecule has 0 amide bonds. The van der Waals surface area contributed by atoms with Crippen molar-refractivity contribution >= 4 is 14.8 Å². The fourth-order valence-corrected chi connectivity index (χ4v) is 5.81. The zero-order valence-electron chi connectivity index (χ0n) is 18.1. The molecule has 27 heavy (non-hydrogen) atoms. The standard InChI is InChI=1S/C21H42O5Si/c1-6-10-11-12-13-14-15-16-17-18-19-27(23-8-3,24-9-4)26-20(5)25-21(22)7-2/h7,20H,2,6,8-19H2,1,3-5H3. The van der Waals surface area contributed by atoms with E-state index < -0.39 is 21.1 Å². The predicted molar refractivity (Wildman–Crippen MR) is 112 cm³/mol. The van der Waals surface area contributed by atoms with E-state index in [1.54, 1.807) is 6.92 Å². The Morgan fingerprint density at radius 2 is 1.37 bits per heavy atom. The zero-order valence-corrected chi connectivity index (χ0v) is 19.1. The van der Waals surface area contributed by atoms with E-state index in [0.29, 0.717) is 13.2 Å². The van der Waals surface area contributed by atoms with Crippen LogP contribution in [0.5, 0.6) is 0 Å². The van der Waals surface area contributed by atoms with Crippen LogP contribution in [-0.4, -0.2) is 34.3 Å². The third-order valence-electron chi connectivity index (χ3n) is 4.36. The van der Waals surface area contributed by atoms with Crippen LogP contribution in [0.1, 0.15) is 91.9 Å². The molecular formula is C21H42O5Si. The van der Waals surface area contributed by atoms with Crippen LogP contribution in [0.2, 0.25) is 6.04 Å². The molecule has 0 spiro atoms. The number of unbranched alkanes of at least 4 members (excludes halogenated alkanes) is 9. The van der Waals surface area contributed by atoms with Gasteiger partial charge in [-0.05, 0) is 27.2 Å². The van der Waals surface area contributed by atoms with E-state index in [0.717, 1.165) is 25.0 Å². The van der Waals surface area contributed by atoms with Crippen LogP contribution >= 0.6 is 0 Å². The Morgan fingerprint density at radius 3 is 1.81 bits per heavy atom. The fourth-order valence-electron chi connectivity index (χ4n) is 3.07. The first-order valence-electron chi connectivity index (χ1n) is 10.8. The van der Waals surface area contributed by atoms with Gasteiger partial charge in [-0.25, -0.2) is 4.79 Å². The summed E-state index contributed by atoms with van der Waals surface area (Å²) in [4.78, 5) is 11.4. The van der Waals surface area contributed by atoms with Gasteiger partial charge >= 0.3 is 14.8 Å². The van der Waals surface area contributed by atoms with Gasteiger partial charge < -0.3 is 18.0 Å². The molecule has 0 radical (unpaired) electrons. The number of carbonyl (C=O) groups is 1. The predicted octanol–water partition coefficient (Wildman–Crippen LogP) is 6.01. The van der Waals surface area contributed by atoms with Gasteiger partial charge in [-0.2, -0.15) is 0 Å². The summed E-state index contributed by atoms with van der Waals surface area (Å²) in [5.74, 6) is -0.502. The monoisotopic (exact) mass is 402 g/mol. The Hall–Kier alpha value is -0.693. The summed E-state index contributed by atoms with van der Waals surface area (Å²) in [5.41, 5.74) is 0. The average Bonchev–Trinajstić information content (AvgIpc) is 2.63. The van der Waals surface area contributed by atoms with Gasteiger partial charge in [0.2, 0.25) is 0 Å². The SMILES string of the molecule is C=CC(=O)OC(C)O[Si](CCCCCCCCCCCC)(OCC)OCC. The Bertz CT molecular complexity index is 370. The second kappa shape index (κ2) is 17.4. The molecule has 0 bridgehead atoms. The number of carbonyl (C=O) groups excluding carboxylic acids is 1. The van der Waals surface area contributed by atoms with Crippen molar-refractivity contribution in [3.63, 3.8) is 0 Å². The summed E-state index contributed by atoms with van der Waals surface area (Å²) in [6.07, 6.45) is 13.2. The number of rotatable bonds is 19. The van der Waals surface area contributed by atoms with Gasteiger partial charge in [0.1, 0.15) is 0 Å². The van der Waals surface area contributed by atoms with Crippen molar-refractivity contribution in [1.82, 2.24) is 0 Å². The third kappa shape index (κ3) is 14.0. The van der Waals surface area contributed by atoms with E-state index in [-0.39, 0.29) is 0 Å². The number of hydrogen-bond acceptors (Lipinski definition) is 5. The van der Waals surface area contributed by atoms with Gasteiger partial charge in [-0.15, -0.1) is 0 Å². The highest BCUT2D eigenvalue weighted by Crippen LogP contribution is 2.23. The molecule has 0 aromatic rings. The molecule has 0 saturated carbocycles. The molecule has 0 N–H and O–H groups in total. The lowest BCUT2D eigenvalue weighted by atomic mass is 10.1. The molecule has 0 aliphatic heterocycles. The highest BCUT2D eigenvalue weighted by Gasteiger charge is 2.42. The van der Waals surface area contributed by atoms with Crippen molar-refractivity contribution < 1.29 is 22.8 Å². The van der Waals surface area contributed by atoms with Gasteiger partial charge in [0.25, 0.3) is 0 Å². The van der Waals surface area contributed by atoms with Crippen LogP contribution in [0, 0.1) is 0 Å². The van der Waals surface area contributed by atoms with E-state index in [1.807, 2.05) is 13.8 Å². The minimum Gasteiger partial charge on any atom is -0.434 e. The van der Waals surface area contributed by atoms with Crippen molar-refractivity contribution in [2.24, 2.45) is 0 Å². The van der Waals surface area contributed by atoms with Crippen molar-refractivity contribution in [2.45, 2.75) is 104 Å². The maximum atomic E-state index is 11.4. The number of ether oxygens (including phenoxy) is 1. The molecule has 0 rings (SSSR count). The quantitative estimate of drug-likeness (QED) is 0.0870. The second-order valence-electron chi connectivity index (χ2n) is 6.81. The minimum absolute atomic E-state index is 0.502. The van der Waals surface area contributed by atoms with E-state index in [2.05, 4.69) is 13.5 Å². The maximum Gasteiger partial charge on any atom is 0.503 e. The lowest BCUT2D eigenvalue weighted by molar-refractivity contribution is -0.161. The highest BCUT2D eigenvalue weighted by molar-refractivity contribution is 6.60. The highest BCUT2D eigenvalue weighted by atomic mass is 28.4. The molecule has 1 atom stereocenters. The van der Waals surface area contributed by atoms with Crippen LogP contribution in [0.25, 0.3) is 0 Å². The molecule has 0 fully saturated rings. The Kier molecular flexibility index (Phi) is 17.0. The van der Waals surface area contributed by atoms with Gasteiger partial charge in [-0.3, -0.25) is 0 Å². The van der Waals surface area contributed by atoms with E-state index >= 15 is 0 Å². The van der Waals surface area contributed by atoms with Crippen LogP contribution in [0.4, 0.5) is 0 Å². The summed E-state index contributed by atoms with van der Waals surface area (Å²) >= 11 is 0. The molecule has 6 heteroatoms. The van der Waals surface area contributed by atoms with Gasteiger partial charge in [-0.1, -0.05) is 71.3 Å². The topological polar surface area (TPSA) is 54.0 Å². The summed E-state index contributed by atoms with van der Waals surface area (Å²) < 4.78 is 23.0. The van der Waals surface area contributed by atoms with Crippen molar-refractivity contribution in [1.29, 1.82) is 0 Å². The largest absolute Gasteiger partial charge is 0.503 e. The van der Waals surface area contributed by atoms with Crippen molar-refractivity contribution in [3.05, 3.63) is 12.7 Å². The number of hydrogen-bond donors (Lipinski definition) is 0. The van der Waals surface area contributed by atoms with Crippen LogP contribution in [0.3, 0.4) is 0 Å². The molecule has 0 aliphatic carbocycles. The molecular weight excluding hydrogens is 360 g/mol. The molecule has 160 valence electrons. The van der Waals surface area contributed by atoms with Gasteiger partial charge in [0.15, 0.2) is 6.29 Å². The fraction of sp³-hybridized carbons (Fsp3) is 0.857.